The number of allylic oxidation sites excluding steroid dienone is 2. The highest BCUT2D eigenvalue weighted by atomic mass is 32.1. The van der Waals surface area contributed by atoms with E-state index in [2.05, 4.69) is 38.8 Å². The van der Waals surface area contributed by atoms with E-state index in [1.54, 1.807) is 19.3 Å². The summed E-state index contributed by atoms with van der Waals surface area (Å²) in [6.07, 6.45) is 9.04. The molecule has 29 heavy (non-hydrogen) atoms. The van der Waals surface area contributed by atoms with Gasteiger partial charge in [-0.1, -0.05) is 17.9 Å². The fourth-order valence-corrected chi connectivity index (χ4v) is 4.49. The minimum absolute atomic E-state index is 0.332. The van der Waals surface area contributed by atoms with Crippen molar-refractivity contribution in [2.24, 2.45) is 10.7 Å². The Morgan fingerprint density at radius 1 is 1.28 bits per heavy atom. The van der Waals surface area contributed by atoms with Gasteiger partial charge in [0.2, 0.25) is 0 Å². The summed E-state index contributed by atoms with van der Waals surface area (Å²) in [5.41, 5.74) is 8.77. The number of nitrogens with zero attached hydrogens (tertiary/aromatic N) is 5. The van der Waals surface area contributed by atoms with E-state index in [4.69, 9.17) is 15.5 Å². The fourth-order valence-electron chi connectivity index (χ4n) is 3.54. The van der Waals surface area contributed by atoms with E-state index in [-0.39, 0.29) is 5.41 Å². The van der Waals surface area contributed by atoms with Crippen LogP contribution in [0.15, 0.2) is 41.8 Å². The van der Waals surface area contributed by atoms with E-state index in [9.17, 15) is 0 Å². The molecule has 0 aliphatic carbocycles. The number of ether oxygens (including phenoxy) is 1. The number of nitrogens with two attached hydrogens (primary N) is 1. The first-order chi connectivity index (χ1) is 14.1. The maximum absolute atomic E-state index is 5.60. The molecule has 2 N–H and O–H groups in total. The summed E-state index contributed by atoms with van der Waals surface area (Å²) >= 11 is 1.51. The molecule has 2 saturated heterocycles. The molecule has 0 bridgehead atoms. The Bertz CT molecular complexity index is 919. The van der Waals surface area contributed by atoms with Gasteiger partial charge in [0, 0.05) is 36.8 Å². The number of pyridine rings is 1. The number of rotatable bonds is 6. The van der Waals surface area contributed by atoms with Crippen LogP contribution in [0.25, 0.3) is 5.57 Å². The van der Waals surface area contributed by atoms with E-state index in [0.717, 1.165) is 28.8 Å². The quantitative estimate of drug-likeness (QED) is 0.736. The molecule has 4 heterocycles. The number of piperidine rings is 1. The zero-order valence-electron chi connectivity index (χ0n) is 16.7. The Hall–Kier alpha value is -2.58. The Balaban J connectivity index is 1.54. The maximum Gasteiger partial charge on any atom is 0.148 e. The molecule has 0 saturated carbocycles. The van der Waals surface area contributed by atoms with Crippen molar-refractivity contribution >= 4 is 28.8 Å². The van der Waals surface area contributed by atoms with Gasteiger partial charge in [-0.25, -0.2) is 0 Å². The van der Waals surface area contributed by atoms with E-state index in [0.29, 0.717) is 24.5 Å². The van der Waals surface area contributed by atoms with Crippen molar-refractivity contribution in [3.8, 4) is 0 Å². The highest BCUT2D eigenvalue weighted by Gasteiger charge is 2.46. The minimum atomic E-state index is -0.332. The van der Waals surface area contributed by atoms with Gasteiger partial charge in [0.25, 0.3) is 0 Å². The van der Waals surface area contributed by atoms with E-state index in [1.165, 1.54) is 36.3 Å². The first kappa shape index (κ1) is 19.7. The van der Waals surface area contributed by atoms with Crippen molar-refractivity contribution < 1.29 is 4.74 Å². The van der Waals surface area contributed by atoms with Gasteiger partial charge in [-0.3, -0.25) is 9.98 Å². The lowest BCUT2D eigenvalue weighted by Gasteiger charge is -2.39. The molecule has 2 aromatic rings. The zero-order chi connectivity index (χ0) is 20.3. The van der Waals surface area contributed by atoms with Gasteiger partial charge in [0.05, 0.1) is 30.8 Å². The third kappa shape index (κ3) is 4.09. The minimum Gasteiger partial charge on any atom is -0.401 e. The summed E-state index contributed by atoms with van der Waals surface area (Å²) in [6.45, 7) is 9.16. The molecule has 2 fully saturated rings. The van der Waals surface area contributed by atoms with Gasteiger partial charge in [-0.2, -0.15) is 0 Å². The molecule has 0 radical (unpaired) electrons. The molecule has 4 rings (SSSR count). The van der Waals surface area contributed by atoms with Crippen LogP contribution in [-0.2, 0) is 10.2 Å². The van der Waals surface area contributed by atoms with E-state index >= 15 is 0 Å². The highest BCUT2D eigenvalue weighted by molar-refractivity contribution is 7.12. The largest absolute Gasteiger partial charge is 0.401 e. The van der Waals surface area contributed by atoms with Crippen LogP contribution in [0.2, 0.25) is 0 Å². The van der Waals surface area contributed by atoms with Crippen molar-refractivity contribution in [2.45, 2.75) is 31.6 Å². The van der Waals surface area contributed by atoms with Crippen LogP contribution < -0.4 is 10.6 Å². The molecular weight excluding hydrogens is 384 g/mol. The van der Waals surface area contributed by atoms with Crippen molar-refractivity contribution in [1.29, 1.82) is 0 Å². The van der Waals surface area contributed by atoms with Crippen LogP contribution >= 0.6 is 11.3 Å². The molecule has 2 aliphatic heterocycles. The zero-order valence-corrected chi connectivity index (χ0v) is 17.5. The number of aromatic nitrogens is 3. The molecular formula is C21H26N6OS. The van der Waals surface area contributed by atoms with Crippen LogP contribution in [0.1, 0.15) is 41.9 Å². The summed E-state index contributed by atoms with van der Waals surface area (Å²) in [6, 6.07) is 4.28. The highest BCUT2D eigenvalue weighted by Crippen LogP contribution is 2.40. The van der Waals surface area contributed by atoms with Crippen LogP contribution in [0, 0.1) is 0 Å². The summed E-state index contributed by atoms with van der Waals surface area (Å²) in [5.74, 6) is 0. The van der Waals surface area contributed by atoms with Gasteiger partial charge in [0.15, 0.2) is 0 Å². The van der Waals surface area contributed by atoms with Crippen molar-refractivity contribution in [3.63, 3.8) is 0 Å². The molecule has 0 atom stereocenters. The second-order valence-electron chi connectivity index (χ2n) is 7.61. The topological polar surface area (TPSA) is 89.5 Å². The SMILES string of the molecule is C=C(C=N/C=C(/C)N)c1nnc(C2(c3ccc(N4CCCCC4)cn3)COC2)s1. The van der Waals surface area contributed by atoms with Crippen LogP contribution in [0.4, 0.5) is 5.69 Å². The smallest absolute Gasteiger partial charge is 0.148 e. The monoisotopic (exact) mass is 410 g/mol. The Labute approximate surface area is 175 Å². The first-order valence-corrected chi connectivity index (χ1v) is 10.7. The Kier molecular flexibility index (Phi) is 5.73. The molecule has 152 valence electrons. The predicted octanol–water partition coefficient (Wildman–Crippen LogP) is 3.14. The third-order valence-corrected chi connectivity index (χ3v) is 6.48. The molecule has 0 amide bonds. The van der Waals surface area contributed by atoms with Gasteiger partial charge < -0.3 is 15.4 Å². The second-order valence-corrected chi connectivity index (χ2v) is 8.59. The normalized spacial score (nSPS) is 19.3. The van der Waals surface area contributed by atoms with Crippen molar-refractivity contribution in [1.82, 2.24) is 15.2 Å². The van der Waals surface area contributed by atoms with Crippen LogP contribution in [-0.4, -0.2) is 47.7 Å². The lowest BCUT2D eigenvalue weighted by Crippen LogP contribution is -2.48. The van der Waals surface area contributed by atoms with Crippen LogP contribution in [0.3, 0.4) is 0 Å². The standard InChI is InChI=1S/C21H26N6OS/c1-15(10-23-11-16(2)22)19-25-26-20(29-19)21(13-28-14-21)18-7-6-17(12-24-18)27-8-4-3-5-9-27/h6-7,10-12H,1,3-5,8-9,13-14,22H2,2H3/b16-11-,23-10?. The molecule has 0 unspecified atom stereocenters. The molecule has 7 nitrogen and oxygen atoms in total. The van der Waals surface area contributed by atoms with Gasteiger partial charge >= 0.3 is 0 Å². The molecule has 0 aromatic carbocycles. The number of hydrogen-bond donors (Lipinski definition) is 1. The molecule has 0 spiro atoms. The van der Waals surface area contributed by atoms with Crippen molar-refractivity contribution in [3.05, 3.63) is 52.5 Å². The molecule has 2 aromatic heterocycles. The predicted molar refractivity (Wildman–Crippen MR) is 117 cm³/mol. The average Bonchev–Trinajstić information content (AvgIpc) is 3.18. The summed E-state index contributed by atoms with van der Waals surface area (Å²) in [4.78, 5) is 11.4. The molecule has 8 heteroatoms. The van der Waals surface area contributed by atoms with E-state index < -0.39 is 0 Å². The fraction of sp³-hybridized carbons (Fsp3) is 0.429. The molecule has 2 aliphatic rings. The number of anilines is 1. The average molecular weight is 411 g/mol. The van der Waals surface area contributed by atoms with E-state index in [1.807, 2.05) is 6.20 Å². The Morgan fingerprint density at radius 2 is 2.07 bits per heavy atom. The Morgan fingerprint density at radius 3 is 2.69 bits per heavy atom. The summed E-state index contributed by atoms with van der Waals surface area (Å²) < 4.78 is 5.57. The lowest BCUT2D eigenvalue weighted by atomic mass is 9.82. The number of aliphatic imine (C=N–C) groups is 1. The van der Waals surface area contributed by atoms with Crippen LogP contribution in [0.5, 0.6) is 0 Å². The van der Waals surface area contributed by atoms with Gasteiger partial charge in [-0.15, -0.1) is 10.2 Å². The van der Waals surface area contributed by atoms with Gasteiger partial charge in [0.1, 0.15) is 15.4 Å². The third-order valence-electron chi connectivity index (χ3n) is 5.27. The van der Waals surface area contributed by atoms with Gasteiger partial charge in [-0.05, 0) is 38.3 Å². The lowest BCUT2D eigenvalue weighted by molar-refractivity contribution is -0.0403. The second kappa shape index (κ2) is 8.42. The summed E-state index contributed by atoms with van der Waals surface area (Å²) in [7, 11) is 0. The number of hydrogen-bond acceptors (Lipinski definition) is 8. The maximum atomic E-state index is 5.60. The first-order valence-electron chi connectivity index (χ1n) is 9.86. The van der Waals surface area contributed by atoms with Crippen molar-refractivity contribution in [2.75, 3.05) is 31.2 Å². The summed E-state index contributed by atoms with van der Waals surface area (Å²) in [5, 5.41) is 10.4.